The molecule has 0 radical (unpaired) electrons. The van der Waals surface area contributed by atoms with Gasteiger partial charge < -0.3 is 0 Å². The van der Waals surface area contributed by atoms with E-state index < -0.39 is 4.84 Å². The summed E-state index contributed by atoms with van der Waals surface area (Å²) in [6.07, 6.45) is 1.35. The fourth-order valence-corrected chi connectivity index (χ4v) is 0.378. The quantitative estimate of drug-likeness (QED) is 0.441. The van der Waals surface area contributed by atoms with E-state index in [-0.39, 0.29) is 4.49 Å². The molecule has 0 aliphatic heterocycles. The van der Waals surface area contributed by atoms with E-state index in [9.17, 15) is 0 Å². The molecular weight excluding hydrogens is 190 g/mol. The highest BCUT2D eigenvalue weighted by Crippen LogP contribution is 2.06. The van der Waals surface area contributed by atoms with Crippen LogP contribution in [0.15, 0.2) is 16.3 Å². The number of hydrogen-bond acceptors (Lipinski definition) is 0. The van der Waals surface area contributed by atoms with Gasteiger partial charge in [0.2, 0.25) is 0 Å². The number of alkyl halides is 2. The van der Waals surface area contributed by atoms with E-state index in [1.54, 1.807) is 0 Å². The van der Waals surface area contributed by atoms with Crippen LogP contribution < -0.4 is 0 Å². The van der Waals surface area contributed by atoms with Gasteiger partial charge in [-0.05, 0) is 6.08 Å². The Morgan fingerprint density at radius 1 is 1.38 bits per heavy atom. The highest BCUT2D eigenvalue weighted by molar-refractivity contribution is 6.55. The van der Waals surface area contributed by atoms with Gasteiger partial charge >= 0.3 is 0 Å². The molecule has 0 aliphatic carbocycles. The average molecular weight is 192 g/mol. The second kappa shape index (κ2) is 4.55. The van der Waals surface area contributed by atoms with Crippen molar-refractivity contribution in [2.24, 2.45) is 0 Å². The highest BCUT2D eigenvalue weighted by atomic mass is 35.5. The predicted octanol–water partition coefficient (Wildman–Crippen LogP) is 3.26. The van der Waals surface area contributed by atoms with Crippen LogP contribution in [0.2, 0.25) is 0 Å². The monoisotopic (exact) mass is 190 g/mol. The molecule has 0 fully saturated rings. The first-order valence-corrected chi connectivity index (χ1v) is 3.32. The maximum atomic E-state index is 5.24. The fourth-order valence-electron chi connectivity index (χ4n) is 0.126. The molecule has 8 heavy (non-hydrogen) atoms. The van der Waals surface area contributed by atoms with Crippen molar-refractivity contribution >= 4 is 46.4 Å². The van der Waals surface area contributed by atoms with Gasteiger partial charge in [0, 0.05) is 0 Å². The van der Waals surface area contributed by atoms with Gasteiger partial charge in [-0.2, -0.15) is 0 Å². The van der Waals surface area contributed by atoms with Gasteiger partial charge in [-0.3, -0.25) is 0 Å². The zero-order valence-electron chi connectivity index (χ0n) is 3.67. The van der Waals surface area contributed by atoms with Crippen LogP contribution in [0, 0.1) is 0 Å². The third-order valence-corrected chi connectivity index (χ3v) is 0.789. The summed E-state index contributed by atoms with van der Waals surface area (Å²) in [6, 6.07) is 0. The van der Waals surface area contributed by atoms with Crippen LogP contribution in [0.25, 0.3) is 0 Å². The Hall–Kier alpha value is 0.680. The van der Waals surface area contributed by atoms with Crippen LogP contribution in [0.5, 0.6) is 0 Å². The number of hydrogen-bond donors (Lipinski definition) is 0. The van der Waals surface area contributed by atoms with Crippen molar-refractivity contribution in [2.75, 3.05) is 0 Å². The van der Waals surface area contributed by atoms with Crippen molar-refractivity contribution in [1.82, 2.24) is 0 Å². The third-order valence-electron chi connectivity index (χ3n) is 0.318. The van der Waals surface area contributed by atoms with Gasteiger partial charge in [0.25, 0.3) is 0 Å². The lowest BCUT2D eigenvalue weighted by atomic mass is 10.7. The van der Waals surface area contributed by atoms with E-state index in [2.05, 4.69) is 5.73 Å². The van der Waals surface area contributed by atoms with Crippen molar-refractivity contribution in [3.63, 3.8) is 0 Å². The van der Waals surface area contributed by atoms with Gasteiger partial charge in [-0.25, -0.2) is 0 Å². The molecule has 0 bridgehead atoms. The molecular formula is C4H2Cl4. The van der Waals surface area contributed by atoms with Crippen LogP contribution >= 0.6 is 46.4 Å². The Morgan fingerprint density at radius 3 is 2.00 bits per heavy atom. The smallest absolute Gasteiger partial charge is 0.100 e. The average Bonchev–Trinajstić information content (AvgIpc) is 1.61. The van der Waals surface area contributed by atoms with Gasteiger partial charge in [0.15, 0.2) is 0 Å². The molecule has 0 spiro atoms. The van der Waals surface area contributed by atoms with Crippen molar-refractivity contribution < 1.29 is 0 Å². The Kier molecular flexibility index (Phi) is 4.94. The van der Waals surface area contributed by atoms with E-state index in [0.717, 1.165) is 0 Å². The summed E-state index contributed by atoms with van der Waals surface area (Å²) < 4.78 is 0.0244. The predicted molar refractivity (Wildman–Crippen MR) is 38.8 cm³/mol. The molecule has 0 heterocycles. The molecule has 0 atom stereocenters. The number of rotatable bonds is 1. The molecule has 0 aromatic heterocycles. The van der Waals surface area contributed by atoms with Gasteiger partial charge in [-0.15, -0.1) is 23.2 Å². The Bertz CT molecular complexity index is 116. The van der Waals surface area contributed by atoms with Crippen molar-refractivity contribution in [3.8, 4) is 0 Å². The third kappa shape index (κ3) is 6.68. The fraction of sp³-hybridized carbons (Fsp3) is 0.250. The Balaban J connectivity index is 3.82. The molecule has 0 amide bonds. The summed E-state index contributed by atoms with van der Waals surface area (Å²) in [6.45, 7) is 0. The van der Waals surface area contributed by atoms with Gasteiger partial charge in [-0.1, -0.05) is 28.9 Å². The van der Waals surface area contributed by atoms with Crippen LogP contribution in [0.4, 0.5) is 0 Å². The van der Waals surface area contributed by atoms with Crippen LogP contribution in [0.1, 0.15) is 0 Å². The minimum atomic E-state index is -0.595. The second-order valence-electron chi connectivity index (χ2n) is 0.906. The Labute approximate surface area is 67.7 Å². The lowest BCUT2D eigenvalue weighted by Gasteiger charge is -1.80. The van der Waals surface area contributed by atoms with E-state index in [1.807, 2.05) is 0 Å². The lowest BCUT2D eigenvalue weighted by Crippen LogP contribution is -1.71. The second-order valence-corrected chi connectivity index (χ2v) is 3.02. The van der Waals surface area contributed by atoms with E-state index >= 15 is 0 Å². The van der Waals surface area contributed by atoms with E-state index in [1.165, 1.54) is 6.08 Å². The first-order chi connectivity index (χ1) is 3.63. The molecule has 0 nitrogen and oxygen atoms in total. The topological polar surface area (TPSA) is 0 Å². The first-order valence-electron chi connectivity index (χ1n) is 1.69. The van der Waals surface area contributed by atoms with Crippen molar-refractivity contribution in [1.29, 1.82) is 0 Å². The molecule has 0 aliphatic rings. The molecule has 46 valence electrons. The maximum absolute atomic E-state index is 5.24. The Morgan fingerprint density at radius 2 is 1.88 bits per heavy atom. The van der Waals surface area contributed by atoms with Gasteiger partial charge in [0.05, 0.1) is 0 Å². The number of halogens is 4. The summed E-state index contributed by atoms with van der Waals surface area (Å²) in [5.41, 5.74) is 2.40. The molecule has 0 aromatic carbocycles. The molecule has 0 saturated carbocycles. The molecule has 0 rings (SSSR count). The van der Waals surface area contributed by atoms with Crippen LogP contribution in [0.3, 0.4) is 0 Å². The standard InChI is InChI=1S/C4H2Cl4/c5-3(6)1-2-4(7)8/h1,3H. The molecule has 0 saturated heterocycles. The number of allylic oxidation sites excluding steroid dienone is 1. The lowest BCUT2D eigenvalue weighted by molar-refractivity contribution is 1.62. The minimum absolute atomic E-state index is 0.0244. The minimum Gasteiger partial charge on any atom is -0.100 e. The largest absolute Gasteiger partial charge is 0.148 e. The summed E-state index contributed by atoms with van der Waals surface area (Å²) in [5, 5.41) is 0. The zero-order chi connectivity index (χ0) is 6.57. The molecule has 0 unspecified atom stereocenters. The normalized spacial score (nSPS) is 8.62. The summed E-state index contributed by atoms with van der Waals surface area (Å²) in [5.74, 6) is 0. The van der Waals surface area contributed by atoms with Crippen LogP contribution in [-0.4, -0.2) is 4.84 Å². The zero-order valence-corrected chi connectivity index (χ0v) is 6.69. The summed E-state index contributed by atoms with van der Waals surface area (Å²) in [4.78, 5) is -0.595. The van der Waals surface area contributed by atoms with E-state index in [0.29, 0.717) is 0 Å². The van der Waals surface area contributed by atoms with Crippen molar-refractivity contribution in [3.05, 3.63) is 16.3 Å². The summed E-state index contributed by atoms with van der Waals surface area (Å²) in [7, 11) is 0. The van der Waals surface area contributed by atoms with Gasteiger partial charge in [0.1, 0.15) is 9.33 Å². The SMILES string of the molecule is ClC(Cl)=C=CC(Cl)Cl. The maximum Gasteiger partial charge on any atom is 0.148 e. The first kappa shape index (κ1) is 8.68. The molecule has 0 aromatic rings. The molecule has 4 heteroatoms. The van der Waals surface area contributed by atoms with E-state index in [4.69, 9.17) is 46.4 Å². The molecule has 0 N–H and O–H groups in total. The van der Waals surface area contributed by atoms with Crippen molar-refractivity contribution in [2.45, 2.75) is 4.84 Å². The summed E-state index contributed by atoms with van der Waals surface area (Å²) >= 11 is 20.8. The highest BCUT2D eigenvalue weighted by Gasteiger charge is 1.86. The van der Waals surface area contributed by atoms with Crippen LogP contribution in [-0.2, 0) is 0 Å².